The Hall–Kier alpha value is -0.610. The number of carboxylic acids is 1. The first-order valence-corrected chi connectivity index (χ1v) is 7.24. The SMILES string of the molecule is COC(C)(C)CCOC(C)C(C)(C)CC(C)(C)C(=O)O. The zero-order chi connectivity index (χ0) is 16.2. The summed E-state index contributed by atoms with van der Waals surface area (Å²) in [5.41, 5.74) is -1.13. The molecule has 0 amide bonds. The monoisotopic (exact) mass is 288 g/mol. The minimum absolute atomic E-state index is 0.00576. The second kappa shape index (κ2) is 6.90. The molecule has 0 aromatic carbocycles. The van der Waals surface area contributed by atoms with E-state index in [0.29, 0.717) is 13.0 Å². The molecule has 20 heavy (non-hydrogen) atoms. The number of hydrogen-bond donors (Lipinski definition) is 1. The third kappa shape index (κ3) is 6.23. The van der Waals surface area contributed by atoms with E-state index in [-0.39, 0.29) is 17.1 Å². The van der Waals surface area contributed by atoms with Gasteiger partial charge in [0.05, 0.1) is 17.1 Å². The van der Waals surface area contributed by atoms with Gasteiger partial charge < -0.3 is 14.6 Å². The highest BCUT2D eigenvalue weighted by atomic mass is 16.5. The summed E-state index contributed by atoms with van der Waals surface area (Å²) >= 11 is 0. The Morgan fingerprint density at radius 3 is 2.05 bits per heavy atom. The second-order valence-electron chi connectivity index (χ2n) is 7.58. The normalized spacial score (nSPS) is 15.2. The average Bonchev–Trinajstić information content (AvgIpc) is 2.27. The Balaban J connectivity index is 4.45. The molecule has 0 spiro atoms. The van der Waals surface area contributed by atoms with Gasteiger partial charge in [0.1, 0.15) is 0 Å². The van der Waals surface area contributed by atoms with Crippen LogP contribution in [0.2, 0.25) is 0 Å². The summed E-state index contributed by atoms with van der Waals surface area (Å²) in [7, 11) is 1.70. The van der Waals surface area contributed by atoms with E-state index in [1.807, 2.05) is 20.8 Å². The number of carbonyl (C=O) groups is 1. The molecule has 0 aliphatic rings. The maximum Gasteiger partial charge on any atom is 0.309 e. The summed E-state index contributed by atoms with van der Waals surface area (Å²) in [6, 6.07) is 0. The van der Waals surface area contributed by atoms with Crippen molar-refractivity contribution in [3.05, 3.63) is 0 Å². The molecule has 1 atom stereocenters. The molecule has 0 aliphatic heterocycles. The number of methoxy groups -OCH3 is 1. The van der Waals surface area contributed by atoms with E-state index in [2.05, 4.69) is 13.8 Å². The van der Waals surface area contributed by atoms with Gasteiger partial charge in [0.25, 0.3) is 0 Å². The quantitative estimate of drug-likeness (QED) is 0.702. The van der Waals surface area contributed by atoms with Gasteiger partial charge in [-0.25, -0.2) is 0 Å². The topological polar surface area (TPSA) is 55.8 Å². The molecule has 4 nitrogen and oxygen atoms in total. The minimum atomic E-state index is -0.765. The molecule has 0 fully saturated rings. The van der Waals surface area contributed by atoms with E-state index >= 15 is 0 Å². The lowest BCUT2D eigenvalue weighted by atomic mass is 9.72. The van der Waals surface area contributed by atoms with Crippen molar-refractivity contribution in [3.63, 3.8) is 0 Å². The molecular weight excluding hydrogens is 256 g/mol. The van der Waals surface area contributed by atoms with E-state index < -0.39 is 11.4 Å². The smallest absolute Gasteiger partial charge is 0.309 e. The second-order valence-corrected chi connectivity index (χ2v) is 7.58. The van der Waals surface area contributed by atoms with Crippen molar-refractivity contribution in [1.29, 1.82) is 0 Å². The lowest BCUT2D eigenvalue weighted by molar-refractivity contribution is -0.150. The van der Waals surface area contributed by atoms with Crippen molar-refractivity contribution < 1.29 is 19.4 Å². The highest BCUT2D eigenvalue weighted by Crippen LogP contribution is 2.37. The van der Waals surface area contributed by atoms with Gasteiger partial charge in [0, 0.05) is 13.7 Å². The van der Waals surface area contributed by atoms with Crippen LogP contribution in [-0.4, -0.2) is 36.5 Å². The van der Waals surface area contributed by atoms with Crippen LogP contribution in [0, 0.1) is 10.8 Å². The Kier molecular flexibility index (Phi) is 6.69. The highest BCUT2D eigenvalue weighted by Gasteiger charge is 2.38. The van der Waals surface area contributed by atoms with E-state index in [4.69, 9.17) is 9.47 Å². The molecule has 0 aliphatic carbocycles. The molecule has 1 N–H and O–H groups in total. The van der Waals surface area contributed by atoms with Crippen LogP contribution in [0.1, 0.15) is 61.3 Å². The summed E-state index contributed by atoms with van der Waals surface area (Å²) in [4.78, 5) is 11.2. The zero-order valence-corrected chi connectivity index (χ0v) is 14.4. The Morgan fingerprint density at radius 2 is 1.65 bits per heavy atom. The molecule has 0 aromatic rings. The largest absolute Gasteiger partial charge is 0.481 e. The number of carboxylic acid groups (broad SMARTS) is 1. The molecular formula is C16H32O4. The van der Waals surface area contributed by atoms with Crippen LogP contribution in [0.15, 0.2) is 0 Å². The molecule has 0 radical (unpaired) electrons. The number of aliphatic carboxylic acids is 1. The van der Waals surface area contributed by atoms with Crippen LogP contribution in [0.3, 0.4) is 0 Å². The average molecular weight is 288 g/mol. The van der Waals surface area contributed by atoms with Gasteiger partial charge in [-0.3, -0.25) is 4.79 Å². The third-order valence-electron chi connectivity index (χ3n) is 4.20. The summed E-state index contributed by atoms with van der Waals surface area (Å²) in [6.45, 7) is 14.3. The Morgan fingerprint density at radius 1 is 1.15 bits per heavy atom. The summed E-state index contributed by atoms with van der Waals surface area (Å²) in [5, 5.41) is 9.24. The van der Waals surface area contributed by atoms with Crippen molar-refractivity contribution >= 4 is 5.97 Å². The molecule has 0 bridgehead atoms. The lowest BCUT2D eigenvalue weighted by Gasteiger charge is -2.37. The molecule has 120 valence electrons. The fourth-order valence-corrected chi connectivity index (χ4v) is 2.17. The van der Waals surface area contributed by atoms with Crippen molar-refractivity contribution in [2.45, 2.75) is 73.0 Å². The van der Waals surface area contributed by atoms with Crippen molar-refractivity contribution in [1.82, 2.24) is 0 Å². The van der Waals surface area contributed by atoms with Gasteiger partial charge in [-0.2, -0.15) is 0 Å². The summed E-state index contributed by atoms with van der Waals surface area (Å²) in [5.74, 6) is -0.765. The lowest BCUT2D eigenvalue weighted by Crippen LogP contribution is -2.38. The summed E-state index contributed by atoms with van der Waals surface area (Å²) in [6.07, 6.45) is 1.38. The Labute approximate surface area is 123 Å². The molecule has 4 heteroatoms. The van der Waals surface area contributed by atoms with Crippen LogP contribution in [0.4, 0.5) is 0 Å². The first kappa shape index (κ1) is 19.4. The van der Waals surface area contributed by atoms with E-state index in [0.717, 1.165) is 6.42 Å². The summed E-state index contributed by atoms with van der Waals surface area (Å²) < 4.78 is 11.3. The predicted octanol–water partition coefficient (Wildman–Crippen LogP) is 3.73. The maximum absolute atomic E-state index is 11.2. The molecule has 0 aromatic heterocycles. The maximum atomic E-state index is 11.2. The number of rotatable bonds is 9. The third-order valence-corrected chi connectivity index (χ3v) is 4.20. The molecule has 0 saturated carbocycles. The molecule has 1 unspecified atom stereocenters. The van der Waals surface area contributed by atoms with Gasteiger partial charge in [0.15, 0.2) is 0 Å². The van der Waals surface area contributed by atoms with Crippen LogP contribution in [0.25, 0.3) is 0 Å². The van der Waals surface area contributed by atoms with Crippen LogP contribution in [0.5, 0.6) is 0 Å². The van der Waals surface area contributed by atoms with E-state index in [1.165, 1.54) is 0 Å². The zero-order valence-electron chi connectivity index (χ0n) is 14.4. The van der Waals surface area contributed by atoms with Gasteiger partial charge in [-0.15, -0.1) is 0 Å². The molecule has 0 heterocycles. The van der Waals surface area contributed by atoms with Crippen LogP contribution >= 0.6 is 0 Å². The van der Waals surface area contributed by atoms with E-state index in [1.54, 1.807) is 21.0 Å². The van der Waals surface area contributed by atoms with Gasteiger partial charge in [0.2, 0.25) is 0 Å². The number of hydrogen-bond acceptors (Lipinski definition) is 3. The van der Waals surface area contributed by atoms with Gasteiger partial charge in [-0.1, -0.05) is 13.8 Å². The van der Waals surface area contributed by atoms with Crippen LogP contribution < -0.4 is 0 Å². The van der Waals surface area contributed by atoms with Crippen molar-refractivity contribution in [2.75, 3.05) is 13.7 Å². The predicted molar refractivity (Wildman–Crippen MR) is 80.9 cm³/mol. The first-order valence-electron chi connectivity index (χ1n) is 7.24. The number of ether oxygens (including phenoxy) is 2. The van der Waals surface area contributed by atoms with Crippen molar-refractivity contribution in [2.24, 2.45) is 10.8 Å². The fourth-order valence-electron chi connectivity index (χ4n) is 2.17. The van der Waals surface area contributed by atoms with Crippen molar-refractivity contribution in [3.8, 4) is 0 Å². The minimum Gasteiger partial charge on any atom is -0.481 e. The van der Waals surface area contributed by atoms with Gasteiger partial charge >= 0.3 is 5.97 Å². The molecule has 0 saturated heterocycles. The molecule has 0 rings (SSSR count). The Bertz CT molecular complexity index is 318. The van der Waals surface area contributed by atoms with Crippen LogP contribution in [-0.2, 0) is 14.3 Å². The highest BCUT2D eigenvalue weighted by molar-refractivity contribution is 5.73. The van der Waals surface area contributed by atoms with E-state index in [9.17, 15) is 9.90 Å². The first-order chi connectivity index (χ1) is 8.84. The van der Waals surface area contributed by atoms with Gasteiger partial charge in [-0.05, 0) is 52.9 Å². The standard InChI is InChI=1S/C16H32O4/c1-12(20-10-9-16(6,7)19-8)14(2,3)11-15(4,5)13(17)18/h12H,9-11H2,1-8H3,(H,17,18). The fraction of sp³-hybridized carbons (Fsp3) is 0.938.